The van der Waals surface area contributed by atoms with Crippen LogP contribution in [-0.4, -0.2) is 105 Å². The van der Waals surface area contributed by atoms with Gasteiger partial charge in [-0.05, 0) is 20.8 Å². The molecule has 10 heteroatoms. The Balaban J connectivity index is 1.60. The van der Waals surface area contributed by atoms with E-state index >= 15 is 0 Å². The van der Waals surface area contributed by atoms with Gasteiger partial charge in [-0.15, -0.1) is 0 Å². The van der Waals surface area contributed by atoms with Crippen LogP contribution in [0, 0.1) is 0 Å². The van der Waals surface area contributed by atoms with Crippen molar-refractivity contribution in [3.05, 3.63) is 0 Å². The van der Waals surface area contributed by atoms with Gasteiger partial charge in [0.1, 0.15) is 18.3 Å². The van der Waals surface area contributed by atoms with Crippen LogP contribution in [0.2, 0.25) is 0 Å². The maximum Gasteiger partial charge on any atom is 0.161 e. The Hall–Kier alpha value is -0.400. The second-order valence-electron chi connectivity index (χ2n) is 8.56. The number of methoxy groups -OCH3 is 3. The van der Waals surface area contributed by atoms with Crippen molar-refractivity contribution in [3.8, 4) is 0 Å². The number of hydrogen-bond acceptors (Lipinski definition) is 10. The SMILES string of the molecule is CO[C@H]1C[C@@H](O[C@@H]2[C@@H](C)O[C@@H](O[C@H]3[C@@H](OC)CC(O)O[C@@H]3C)C[C@H]2OC)O[C@H](C)[C@H]1O. The summed E-state index contributed by atoms with van der Waals surface area (Å²) >= 11 is 0. The van der Waals surface area contributed by atoms with Crippen molar-refractivity contribution in [1.29, 1.82) is 0 Å². The summed E-state index contributed by atoms with van der Waals surface area (Å²) < 4.78 is 46.4. The largest absolute Gasteiger partial charge is 0.388 e. The zero-order chi connectivity index (χ0) is 22.7. The quantitative estimate of drug-likeness (QED) is 0.570. The van der Waals surface area contributed by atoms with Gasteiger partial charge in [0, 0.05) is 40.6 Å². The summed E-state index contributed by atoms with van der Waals surface area (Å²) in [6, 6.07) is 0. The molecule has 0 aromatic rings. The van der Waals surface area contributed by atoms with E-state index in [9.17, 15) is 10.2 Å². The Morgan fingerprint density at radius 3 is 1.61 bits per heavy atom. The molecule has 0 aromatic heterocycles. The first-order valence-corrected chi connectivity index (χ1v) is 11.0. The minimum absolute atomic E-state index is 0.285. The van der Waals surface area contributed by atoms with Crippen LogP contribution in [0.3, 0.4) is 0 Å². The normalized spacial score (nSPS) is 49.2. The fraction of sp³-hybridized carbons (Fsp3) is 1.00. The van der Waals surface area contributed by atoms with Gasteiger partial charge >= 0.3 is 0 Å². The Morgan fingerprint density at radius 2 is 1.06 bits per heavy atom. The first-order valence-electron chi connectivity index (χ1n) is 11.0. The van der Waals surface area contributed by atoms with Crippen molar-refractivity contribution in [1.82, 2.24) is 0 Å². The van der Waals surface area contributed by atoms with E-state index in [-0.39, 0.29) is 42.7 Å². The Morgan fingerprint density at radius 1 is 0.613 bits per heavy atom. The Kier molecular flexibility index (Phi) is 9.07. The van der Waals surface area contributed by atoms with Crippen LogP contribution < -0.4 is 0 Å². The van der Waals surface area contributed by atoms with Gasteiger partial charge < -0.3 is 48.1 Å². The predicted octanol–water partition coefficient (Wildman–Crippen LogP) is 0.560. The minimum Gasteiger partial charge on any atom is -0.388 e. The predicted molar refractivity (Wildman–Crippen MR) is 107 cm³/mol. The average molecular weight is 451 g/mol. The van der Waals surface area contributed by atoms with E-state index in [0.29, 0.717) is 19.3 Å². The van der Waals surface area contributed by atoms with Crippen molar-refractivity contribution in [2.45, 2.75) is 114 Å². The zero-order valence-electron chi connectivity index (χ0n) is 19.2. The third kappa shape index (κ3) is 5.94. The molecule has 0 saturated carbocycles. The zero-order valence-corrected chi connectivity index (χ0v) is 19.2. The number of ether oxygens (including phenoxy) is 8. The summed E-state index contributed by atoms with van der Waals surface area (Å²) in [5.41, 5.74) is 0. The Labute approximate surface area is 184 Å². The highest BCUT2D eigenvalue weighted by Gasteiger charge is 2.45. The molecule has 2 N–H and O–H groups in total. The molecule has 0 amide bonds. The molecule has 3 saturated heterocycles. The van der Waals surface area contributed by atoms with Gasteiger partial charge in [-0.2, -0.15) is 0 Å². The second kappa shape index (κ2) is 11.1. The maximum atomic E-state index is 10.2. The lowest BCUT2D eigenvalue weighted by atomic mass is 9.99. The van der Waals surface area contributed by atoms with Crippen molar-refractivity contribution in [2.75, 3.05) is 21.3 Å². The molecule has 31 heavy (non-hydrogen) atoms. The van der Waals surface area contributed by atoms with E-state index in [0.717, 1.165) is 0 Å². The molecule has 3 rings (SSSR count). The van der Waals surface area contributed by atoms with Crippen molar-refractivity contribution in [3.63, 3.8) is 0 Å². The highest BCUT2D eigenvalue weighted by molar-refractivity contribution is 4.88. The van der Waals surface area contributed by atoms with Crippen LogP contribution in [0.25, 0.3) is 0 Å². The molecule has 12 atom stereocenters. The first kappa shape index (κ1) is 25.2. The molecule has 3 aliphatic heterocycles. The van der Waals surface area contributed by atoms with Crippen LogP contribution in [0.15, 0.2) is 0 Å². The number of aliphatic hydroxyl groups excluding tert-OH is 2. The highest BCUT2D eigenvalue weighted by atomic mass is 16.7. The lowest BCUT2D eigenvalue weighted by Crippen LogP contribution is -2.56. The molecule has 0 radical (unpaired) electrons. The lowest BCUT2D eigenvalue weighted by Gasteiger charge is -2.45. The van der Waals surface area contributed by atoms with Crippen molar-refractivity contribution < 1.29 is 48.1 Å². The van der Waals surface area contributed by atoms with E-state index in [4.69, 9.17) is 37.9 Å². The van der Waals surface area contributed by atoms with Crippen molar-refractivity contribution in [2.24, 2.45) is 0 Å². The van der Waals surface area contributed by atoms with E-state index < -0.39 is 31.1 Å². The molecule has 3 heterocycles. The van der Waals surface area contributed by atoms with Crippen LogP contribution in [-0.2, 0) is 37.9 Å². The summed E-state index contributed by atoms with van der Waals surface area (Å²) in [6.07, 6.45) is -4.26. The summed E-state index contributed by atoms with van der Waals surface area (Å²) in [6.45, 7) is 5.54. The average Bonchev–Trinajstić information content (AvgIpc) is 2.73. The van der Waals surface area contributed by atoms with Gasteiger partial charge in [-0.1, -0.05) is 0 Å². The fourth-order valence-electron chi connectivity index (χ4n) is 4.64. The summed E-state index contributed by atoms with van der Waals surface area (Å²) in [5, 5.41) is 20.0. The molecule has 3 aliphatic rings. The van der Waals surface area contributed by atoms with Crippen molar-refractivity contribution >= 4 is 0 Å². The second-order valence-corrected chi connectivity index (χ2v) is 8.56. The monoisotopic (exact) mass is 450 g/mol. The Bertz CT molecular complexity index is 550. The third-order valence-electron chi connectivity index (χ3n) is 6.43. The molecule has 10 nitrogen and oxygen atoms in total. The van der Waals surface area contributed by atoms with Gasteiger partial charge in [0.25, 0.3) is 0 Å². The van der Waals surface area contributed by atoms with Crippen LogP contribution in [0.4, 0.5) is 0 Å². The van der Waals surface area contributed by atoms with Gasteiger partial charge in [0.05, 0.1) is 36.6 Å². The summed E-state index contributed by atoms with van der Waals surface area (Å²) in [5.74, 6) is 0. The third-order valence-corrected chi connectivity index (χ3v) is 6.43. The minimum atomic E-state index is -0.872. The standard InChI is InChI=1S/C21H38O10/c1-10-19(23)13(24-4)8-17(28-10)30-21-12(3)29-18(9-15(21)26-6)31-20-11(2)27-16(22)7-14(20)25-5/h10-23H,7-9H2,1-6H3/t10-,11-,12-,13+,14+,15-,16?,17-,18+,19-,20-,21-/m1/s1. The molecule has 0 aromatic carbocycles. The first-order chi connectivity index (χ1) is 14.8. The van der Waals surface area contributed by atoms with E-state index in [2.05, 4.69) is 0 Å². The van der Waals surface area contributed by atoms with Gasteiger partial charge in [-0.3, -0.25) is 0 Å². The number of aliphatic hydroxyl groups is 2. The fourth-order valence-corrected chi connectivity index (χ4v) is 4.64. The van der Waals surface area contributed by atoms with Gasteiger partial charge in [0.15, 0.2) is 18.9 Å². The molecule has 0 spiro atoms. The van der Waals surface area contributed by atoms with E-state index in [1.807, 2.05) is 13.8 Å². The molecule has 0 aliphatic carbocycles. The molecule has 0 bridgehead atoms. The topological polar surface area (TPSA) is 114 Å². The number of rotatable bonds is 7. The number of hydrogen-bond donors (Lipinski definition) is 2. The van der Waals surface area contributed by atoms with Crippen LogP contribution in [0.1, 0.15) is 40.0 Å². The molecular formula is C21H38O10. The van der Waals surface area contributed by atoms with Gasteiger partial charge in [-0.25, -0.2) is 0 Å². The lowest BCUT2D eigenvalue weighted by molar-refractivity contribution is -0.334. The van der Waals surface area contributed by atoms with Crippen LogP contribution >= 0.6 is 0 Å². The smallest absolute Gasteiger partial charge is 0.161 e. The van der Waals surface area contributed by atoms with E-state index in [1.165, 1.54) is 0 Å². The summed E-state index contributed by atoms with van der Waals surface area (Å²) in [7, 11) is 4.79. The van der Waals surface area contributed by atoms with Gasteiger partial charge in [0.2, 0.25) is 0 Å². The van der Waals surface area contributed by atoms with Crippen LogP contribution in [0.5, 0.6) is 0 Å². The molecular weight excluding hydrogens is 412 g/mol. The summed E-state index contributed by atoms with van der Waals surface area (Å²) in [4.78, 5) is 0. The molecule has 182 valence electrons. The van der Waals surface area contributed by atoms with E-state index in [1.54, 1.807) is 28.3 Å². The molecule has 3 fully saturated rings. The maximum absolute atomic E-state index is 10.2. The highest BCUT2D eigenvalue weighted by Crippen LogP contribution is 2.33. The molecule has 1 unspecified atom stereocenters.